The summed E-state index contributed by atoms with van der Waals surface area (Å²) in [6, 6.07) is 9.32. The van der Waals surface area contributed by atoms with Crippen LogP contribution in [0.1, 0.15) is 29.4 Å². The largest absolute Gasteiger partial charge is 0.494 e. The second-order valence-electron chi connectivity index (χ2n) is 6.30. The topological polar surface area (TPSA) is 63.1 Å². The smallest absolute Gasteiger partial charge is 0.270 e. The number of aromatic amines is 1. The molecule has 28 heavy (non-hydrogen) atoms. The normalized spacial score (nSPS) is 10.8. The Morgan fingerprint density at radius 2 is 2.07 bits per heavy atom. The highest BCUT2D eigenvalue weighted by Crippen LogP contribution is 2.23. The van der Waals surface area contributed by atoms with Gasteiger partial charge in [-0.25, -0.2) is 4.98 Å². The summed E-state index contributed by atoms with van der Waals surface area (Å²) in [4.78, 5) is 21.7. The van der Waals surface area contributed by atoms with E-state index in [9.17, 15) is 4.79 Å². The fourth-order valence-corrected chi connectivity index (χ4v) is 3.20. The molecule has 1 aromatic carbocycles. The van der Waals surface area contributed by atoms with Crippen LogP contribution in [0.25, 0.3) is 0 Å². The van der Waals surface area contributed by atoms with E-state index in [-0.39, 0.29) is 11.1 Å². The first-order chi connectivity index (χ1) is 13.6. The molecule has 0 atom stereocenters. The van der Waals surface area contributed by atoms with Crippen molar-refractivity contribution in [1.82, 2.24) is 19.4 Å². The third-order valence-corrected chi connectivity index (χ3v) is 4.95. The molecule has 148 valence electrons. The number of aromatic nitrogens is 3. The summed E-state index contributed by atoms with van der Waals surface area (Å²) in [5.41, 5.74) is 1.40. The van der Waals surface area contributed by atoms with E-state index in [4.69, 9.17) is 27.9 Å². The zero-order valence-electron chi connectivity index (χ0n) is 15.6. The molecule has 3 aromatic rings. The first kappa shape index (κ1) is 20.3. The minimum absolute atomic E-state index is 0.145. The molecule has 2 heterocycles. The Kier molecular flexibility index (Phi) is 7.01. The second-order valence-corrected chi connectivity index (χ2v) is 7.09. The summed E-state index contributed by atoms with van der Waals surface area (Å²) in [6.07, 6.45) is 6.21. The number of hydrogen-bond acceptors (Lipinski definition) is 3. The number of carbonyl (C=O) groups is 1. The van der Waals surface area contributed by atoms with Gasteiger partial charge in [0.1, 0.15) is 16.6 Å². The van der Waals surface area contributed by atoms with E-state index < -0.39 is 0 Å². The van der Waals surface area contributed by atoms with Gasteiger partial charge in [-0.05, 0) is 37.1 Å². The molecule has 0 spiro atoms. The van der Waals surface area contributed by atoms with Gasteiger partial charge in [0.2, 0.25) is 0 Å². The maximum Gasteiger partial charge on any atom is 0.270 e. The van der Waals surface area contributed by atoms with Crippen LogP contribution in [-0.2, 0) is 13.1 Å². The summed E-state index contributed by atoms with van der Waals surface area (Å²) in [5, 5.41) is 0.605. The van der Waals surface area contributed by atoms with Crippen molar-refractivity contribution in [1.29, 1.82) is 0 Å². The van der Waals surface area contributed by atoms with Gasteiger partial charge in [0, 0.05) is 32.0 Å². The van der Waals surface area contributed by atoms with Gasteiger partial charge in [0.05, 0.1) is 18.0 Å². The maximum absolute atomic E-state index is 13.0. The Balaban J connectivity index is 1.71. The molecule has 1 N–H and O–H groups in total. The Hall–Kier alpha value is -2.44. The van der Waals surface area contributed by atoms with Crippen molar-refractivity contribution in [2.45, 2.75) is 26.4 Å². The van der Waals surface area contributed by atoms with E-state index in [1.165, 1.54) is 0 Å². The molecule has 8 heteroatoms. The average Bonchev–Trinajstić information content (AvgIpc) is 3.32. The van der Waals surface area contributed by atoms with Crippen molar-refractivity contribution >= 4 is 29.1 Å². The molecule has 0 radical (unpaired) electrons. The number of aryl methyl sites for hydroxylation is 1. The van der Waals surface area contributed by atoms with E-state index in [2.05, 4.69) is 9.97 Å². The monoisotopic (exact) mass is 420 g/mol. The predicted molar refractivity (Wildman–Crippen MR) is 110 cm³/mol. The van der Waals surface area contributed by atoms with Crippen LogP contribution in [0.3, 0.4) is 0 Å². The number of H-pyrrole nitrogens is 1. The van der Waals surface area contributed by atoms with Crippen molar-refractivity contribution in [3.05, 3.63) is 70.5 Å². The van der Waals surface area contributed by atoms with E-state index in [0.29, 0.717) is 30.4 Å². The third-order valence-electron chi connectivity index (χ3n) is 4.25. The molecule has 6 nitrogen and oxygen atoms in total. The highest BCUT2D eigenvalue weighted by Gasteiger charge is 2.19. The molecule has 0 saturated heterocycles. The van der Waals surface area contributed by atoms with E-state index >= 15 is 0 Å². The molecular formula is C20H22Cl2N4O2. The van der Waals surface area contributed by atoms with Gasteiger partial charge in [-0.15, -0.1) is 0 Å². The number of nitrogens with one attached hydrogen (secondary N) is 1. The minimum Gasteiger partial charge on any atom is -0.494 e. The van der Waals surface area contributed by atoms with Gasteiger partial charge in [-0.2, -0.15) is 0 Å². The Morgan fingerprint density at radius 1 is 1.29 bits per heavy atom. The number of benzene rings is 1. The number of carbonyl (C=O) groups excluding carboxylic acids is 1. The summed E-state index contributed by atoms with van der Waals surface area (Å²) in [6.45, 7) is 4.40. The van der Waals surface area contributed by atoms with E-state index in [1.54, 1.807) is 23.5 Å². The lowest BCUT2D eigenvalue weighted by atomic mass is 10.2. The molecule has 0 bridgehead atoms. The van der Waals surface area contributed by atoms with E-state index in [0.717, 1.165) is 24.3 Å². The predicted octanol–water partition coefficient (Wildman–Crippen LogP) is 4.65. The zero-order valence-corrected chi connectivity index (χ0v) is 17.1. The highest BCUT2D eigenvalue weighted by atomic mass is 35.5. The number of ether oxygens (including phenoxy) is 1. The van der Waals surface area contributed by atoms with Gasteiger partial charge in [-0.3, -0.25) is 4.79 Å². The molecule has 3 rings (SSSR count). The Morgan fingerprint density at radius 3 is 2.68 bits per heavy atom. The third kappa shape index (κ3) is 5.30. The molecule has 0 aliphatic heterocycles. The Bertz CT molecular complexity index is 872. The van der Waals surface area contributed by atoms with Crippen LogP contribution in [0, 0.1) is 0 Å². The minimum atomic E-state index is -0.145. The lowest BCUT2D eigenvalue weighted by molar-refractivity contribution is 0.0734. The quantitative estimate of drug-likeness (QED) is 0.547. The first-order valence-electron chi connectivity index (χ1n) is 9.07. The van der Waals surface area contributed by atoms with Gasteiger partial charge in [0.15, 0.2) is 0 Å². The van der Waals surface area contributed by atoms with Crippen molar-refractivity contribution in [3.8, 4) is 5.75 Å². The van der Waals surface area contributed by atoms with Crippen LogP contribution in [0.4, 0.5) is 0 Å². The molecule has 0 saturated carbocycles. The lowest BCUT2D eigenvalue weighted by Crippen LogP contribution is -2.32. The summed E-state index contributed by atoms with van der Waals surface area (Å²) < 4.78 is 7.47. The summed E-state index contributed by atoms with van der Waals surface area (Å²) in [5.74, 6) is 0.667. The number of hydrogen-bond donors (Lipinski definition) is 1. The highest BCUT2D eigenvalue weighted by molar-refractivity contribution is 6.41. The van der Waals surface area contributed by atoms with E-state index in [1.807, 2.05) is 42.0 Å². The first-order valence-corrected chi connectivity index (χ1v) is 9.83. The average molecular weight is 421 g/mol. The van der Waals surface area contributed by atoms with Crippen LogP contribution in [0.15, 0.2) is 49.1 Å². The Labute approximate surface area is 174 Å². The van der Waals surface area contributed by atoms with Gasteiger partial charge in [0.25, 0.3) is 5.91 Å². The number of nitrogens with zero attached hydrogens (tertiary/aromatic N) is 3. The zero-order chi connectivity index (χ0) is 19.9. The molecule has 0 aliphatic carbocycles. The summed E-state index contributed by atoms with van der Waals surface area (Å²) in [7, 11) is 0. The van der Waals surface area contributed by atoms with Crippen LogP contribution in [0.5, 0.6) is 5.75 Å². The maximum atomic E-state index is 13.0. The van der Waals surface area contributed by atoms with Crippen LogP contribution < -0.4 is 4.74 Å². The van der Waals surface area contributed by atoms with Crippen molar-refractivity contribution in [3.63, 3.8) is 0 Å². The molecule has 0 fully saturated rings. The van der Waals surface area contributed by atoms with Crippen molar-refractivity contribution < 1.29 is 9.53 Å². The number of amides is 1. The number of imidazole rings is 1. The number of rotatable bonds is 9. The SMILES string of the molecule is CCOc1ccc(CN(CCCn2ccnc2)C(=O)c2cc(Cl)c(Cl)[nH]2)cc1. The standard InChI is InChI=1S/C20H22Cl2N4O2/c1-2-28-16-6-4-15(5-7-16)13-26(10-3-9-25-11-8-23-14-25)20(27)18-12-17(21)19(22)24-18/h4-8,11-12,14,24H,2-3,9-10,13H2,1H3. The molecular weight excluding hydrogens is 399 g/mol. The van der Waals surface area contributed by atoms with Crippen LogP contribution >= 0.6 is 23.2 Å². The molecule has 0 aliphatic rings. The van der Waals surface area contributed by atoms with Crippen LogP contribution in [0.2, 0.25) is 10.2 Å². The fourth-order valence-electron chi connectivity index (χ4n) is 2.88. The fraction of sp³-hybridized carbons (Fsp3) is 0.300. The molecule has 2 aromatic heterocycles. The lowest BCUT2D eigenvalue weighted by Gasteiger charge is -2.22. The van der Waals surface area contributed by atoms with Gasteiger partial charge in [-0.1, -0.05) is 35.3 Å². The van der Waals surface area contributed by atoms with Gasteiger partial charge < -0.3 is 19.2 Å². The van der Waals surface area contributed by atoms with Crippen molar-refractivity contribution in [2.24, 2.45) is 0 Å². The molecule has 1 amide bonds. The number of halogens is 2. The second kappa shape index (κ2) is 9.66. The molecule has 0 unspecified atom stereocenters. The van der Waals surface area contributed by atoms with Crippen molar-refractivity contribution in [2.75, 3.05) is 13.2 Å². The summed E-state index contributed by atoms with van der Waals surface area (Å²) >= 11 is 12.0. The van der Waals surface area contributed by atoms with Crippen LogP contribution in [-0.4, -0.2) is 38.5 Å². The van der Waals surface area contributed by atoms with Gasteiger partial charge >= 0.3 is 0 Å².